The van der Waals surface area contributed by atoms with Crippen molar-refractivity contribution in [2.24, 2.45) is 0 Å². The third-order valence-corrected chi connectivity index (χ3v) is 4.34. The SMILES string of the molecule is CCc1ccc(S(=O)(=O)Nc2ccnc(C)c2)cc1N. The number of hydrogen-bond acceptors (Lipinski definition) is 4. The minimum atomic E-state index is -3.64. The van der Waals surface area contributed by atoms with Gasteiger partial charge in [-0.1, -0.05) is 13.0 Å². The van der Waals surface area contributed by atoms with Gasteiger partial charge in [0.2, 0.25) is 0 Å². The van der Waals surface area contributed by atoms with Crippen molar-refractivity contribution < 1.29 is 8.42 Å². The first-order valence-electron chi connectivity index (χ1n) is 6.26. The van der Waals surface area contributed by atoms with E-state index in [4.69, 9.17) is 5.73 Å². The minimum Gasteiger partial charge on any atom is -0.398 e. The molecular weight excluding hydrogens is 274 g/mol. The van der Waals surface area contributed by atoms with Crippen LogP contribution in [0.4, 0.5) is 11.4 Å². The number of pyridine rings is 1. The fourth-order valence-electron chi connectivity index (χ4n) is 1.89. The molecule has 20 heavy (non-hydrogen) atoms. The maximum atomic E-state index is 12.3. The van der Waals surface area contributed by atoms with Crippen LogP contribution in [-0.4, -0.2) is 13.4 Å². The number of nitrogens with one attached hydrogen (secondary N) is 1. The van der Waals surface area contributed by atoms with Gasteiger partial charge in [-0.3, -0.25) is 9.71 Å². The van der Waals surface area contributed by atoms with Crippen LogP contribution in [0.25, 0.3) is 0 Å². The van der Waals surface area contributed by atoms with Crippen LogP contribution in [0.2, 0.25) is 0 Å². The van der Waals surface area contributed by atoms with E-state index >= 15 is 0 Å². The van der Waals surface area contributed by atoms with Crippen molar-refractivity contribution in [3.05, 3.63) is 47.8 Å². The number of aryl methyl sites for hydroxylation is 2. The molecule has 0 aliphatic rings. The standard InChI is InChI=1S/C14H17N3O2S/c1-3-11-4-5-13(9-14(11)15)20(18,19)17-12-6-7-16-10(2)8-12/h4-9H,3,15H2,1-2H3,(H,16,17). The van der Waals surface area contributed by atoms with Crippen LogP contribution < -0.4 is 10.5 Å². The van der Waals surface area contributed by atoms with Crippen molar-refractivity contribution in [3.8, 4) is 0 Å². The smallest absolute Gasteiger partial charge is 0.261 e. The third kappa shape index (κ3) is 3.08. The van der Waals surface area contributed by atoms with Crippen LogP contribution in [0.15, 0.2) is 41.4 Å². The highest BCUT2D eigenvalue weighted by atomic mass is 32.2. The Labute approximate surface area is 118 Å². The predicted octanol–water partition coefficient (Wildman–Crippen LogP) is 2.34. The fraction of sp³-hybridized carbons (Fsp3) is 0.214. The lowest BCUT2D eigenvalue weighted by Gasteiger charge is -2.10. The molecule has 0 aliphatic carbocycles. The maximum Gasteiger partial charge on any atom is 0.261 e. The lowest BCUT2D eigenvalue weighted by Crippen LogP contribution is -2.13. The molecule has 0 spiro atoms. The van der Waals surface area contributed by atoms with Gasteiger partial charge in [0.25, 0.3) is 10.0 Å². The molecule has 0 amide bonds. The number of nitrogen functional groups attached to an aromatic ring is 1. The first-order chi connectivity index (χ1) is 9.42. The summed E-state index contributed by atoms with van der Waals surface area (Å²) in [6, 6.07) is 8.05. The topological polar surface area (TPSA) is 85.1 Å². The summed E-state index contributed by atoms with van der Waals surface area (Å²) < 4.78 is 27.1. The molecule has 3 N–H and O–H groups in total. The summed E-state index contributed by atoms with van der Waals surface area (Å²) in [7, 11) is -3.64. The molecule has 0 atom stereocenters. The Bertz CT molecular complexity index is 727. The molecule has 1 aromatic heterocycles. The van der Waals surface area contributed by atoms with Gasteiger partial charge in [0, 0.05) is 17.6 Å². The number of aromatic nitrogens is 1. The van der Waals surface area contributed by atoms with E-state index in [1.54, 1.807) is 37.4 Å². The molecule has 0 bridgehead atoms. The van der Waals surface area contributed by atoms with E-state index in [2.05, 4.69) is 9.71 Å². The lowest BCUT2D eigenvalue weighted by atomic mass is 10.1. The molecule has 0 saturated carbocycles. The van der Waals surface area contributed by atoms with E-state index in [-0.39, 0.29) is 4.90 Å². The van der Waals surface area contributed by atoms with Crippen molar-refractivity contribution in [3.63, 3.8) is 0 Å². The number of nitrogens with two attached hydrogens (primary N) is 1. The number of sulfonamides is 1. The molecule has 1 aromatic carbocycles. The van der Waals surface area contributed by atoms with Crippen LogP contribution in [0.1, 0.15) is 18.2 Å². The highest BCUT2D eigenvalue weighted by Gasteiger charge is 2.15. The third-order valence-electron chi connectivity index (χ3n) is 2.96. The Balaban J connectivity index is 2.33. The summed E-state index contributed by atoms with van der Waals surface area (Å²) in [6.07, 6.45) is 2.32. The van der Waals surface area contributed by atoms with Crippen molar-refractivity contribution in [2.45, 2.75) is 25.2 Å². The Morgan fingerprint density at radius 3 is 2.60 bits per heavy atom. The number of hydrogen-bond donors (Lipinski definition) is 2. The van der Waals surface area contributed by atoms with Crippen molar-refractivity contribution in [1.82, 2.24) is 4.98 Å². The normalized spacial score (nSPS) is 11.3. The number of nitrogens with zero attached hydrogens (tertiary/aromatic N) is 1. The van der Waals surface area contributed by atoms with E-state index in [1.807, 2.05) is 6.92 Å². The first-order valence-corrected chi connectivity index (χ1v) is 7.74. The monoisotopic (exact) mass is 291 g/mol. The molecule has 0 aliphatic heterocycles. The zero-order chi connectivity index (χ0) is 14.8. The molecule has 0 unspecified atom stereocenters. The van der Waals surface area contributed by atoms with Crippen LogP contribution in [0.3, 0.4) is 0 Å². The lowest BCUT2D eigenvalue weighted by molar-refractivity contribution is 0.601. The van der Waals surface area contributed by atoms with Gasteiger partial charge in [-0.2, -0.15) is 0 Å². The predicted molar refractivity (Wildman–Crippen MR) is 80.0 cm³/mol. The fourth-order valence-corrected chi connectivity index (χ4v) is 2.97. The Morgan fingerprint density at radius 1 is 1.25 bits per heavy atom. The molecular formula is C14H17N3O2S. The van der Waals surface area contributed by atoms with Gasteiger partial charge in [0.15, 0.2) is 0 Å². The number of rotatable bonds is 4. The largest absolute Gasteiger partial charge is 0.398 e. The summed E-state index contributed by atoms with van der Waals surface area (Å²) in [5.74, 6) is 0. The zero-order valence-electron chi connectivity index (χ0n) is 11.4. The first kappa shape index (κ1) is 14.3. The molecule has 5 nitrogen and oxygen atoms in total. The summed E-state index contributed by atoms with van der Waals surface area (Å²) in [5.41, 5.74) is 8.49. The molecule has 0 saturated heterocycles. The second-order valence-corrected chi connectivity index (χ2v) is 6.19. The highest BCUT2D eigenvalue weighted by Crippen LogP contribution is 2.21. The van der Waals surface area contributed by atoms with E-state index in [9.17, 15) is 8.42 Å². The van der Waals surface area contributed by atoms with E-state index < -0.39 is 10.0 Å². The number of anilines is 2. The Hall–Kier alpha value is -2.08. The van der Waals surface area contributed by atoms with Gasteiger partial charge in [-0.25, -0.2) is 8.42 Å². The summed E-state index contributed by atoms with van der Waals surface area (Å²) in [6.45, 7) is 3.77. The summed E-state index contributed by atoms with van der Waals surface area (Å²) in [4.78, 5) is 4.18. The van der Waals surface area contributed by atoms with Gasteiger partial charge in [0.1, 0.15) is 0 Å². The second kappa shape index (κ2) is 5.50. The van der Waals surface area contributed by atoms with Crippen molar-refractivity contribution >= 4 is 21.4 Å². The quantitative estimate of drug-likeness (QED) is 0.847. The van der Waals surface area contributed by atoms with Gasteiger partial charge in [-0.05, 0) is 43.2 Å². The summed E-state index contributed by atoms with van der Waals surface area (Å²) in [5, 5.41) is 0. The van der Waals surface area contributed by atoms with Crippen LogP contribution in [0, 0.1) is 6.92 Å². The van der Waals surface area contributed by atoms with Gasteiger partial charge in [-0.15, -0.1) is 0 Å². The minimum absolute atomic E-state index is 0.154. The molecule has 1 heterocycles. The Kier molecular flexibility index (Phi) is 3.94. The molecule has 0 fully saturated rings. The molecule has 2 rings (SSSR count). The average molecular weight is 291 g/mol. The van der Waals surface area contributed by atoms with Gasteiger partial charge >= 0.3 is 0 Å². The van der Waals surface area contributed by atoms with Crippen LogP contribution in [0.5, 0.6) is 0 Å². The molecule has 2 aromatic rings. The second-order valence-electron chi connectivity index (χ2n) is 4.51. The van der Waals surface area contributed by atoms with Crippen LogP contribution >= 0.6 is 0 Å². The number of benzene rings is 1. The molecule has 106 valence electrons. The van der Waals surface area contributed by atoms with E-state index in [0.29, 0.717) is 11.4 Å². The van der Waals surface area contributed by atoms with Crippen LogP contribution in [-0.2, 0) is 16.4 Å². The zero-order valence-corrected chi connectivity index (χ0v) is 12.2. The Morgan fingerprint density at radius 2 is 2.00 bits per heavy atom. The van der Waals surface area contributed by atoms with Crippen molar-refractivity contribution in [1.29, 1.82) is 0 Å². The van der Waals surface area contributed by atoms with Crippen molar-refractivity contribution in [2.75, 3.05) is 10.5 Å². The van der Waals surface area contributed by atoms with Gasteiger partial charge < -0.3 is 5.73 Å². The highest BCUT2D eigenvalue weighted by molar-refractivity contribution is 7.92. The van der Waals surface area contributed by atoms with E-state index in [1.165, 1.54) is 6.07 Å². The maximum absolute atomic E-state index is 12.3. The average Bonchev–Trinajstić information content (AvgIpc) is 2.38. The summed E-state index contributed by atoms with van der Waals surface area (Å²) >= 11 is 0. The molecule has 0 radical (unpaired) electrons. The van der Waals surface area contributed by atoms with Gasteiger partial charge in [0.05, 0.1) is 10.6 Å². The molecule has 6 heteroatoms. The van der Waals surface area contributed by atoms with E-state index in [0.717, 1.165) is 17.7 Å².